The molecule has 32 heavy (non-hydrogen) atoms. The molecule has 5 rings (SSSR count). The number of nitriles is 1. The number of aromatic nitrogens is 2. The highest BCUT2D eigenvalue weighted by Crippen LogP contribution is 2.29. The second-order valence-corrected chi connectivity index (χ2v) is 8.00. The van der Waals surface area contributed by atoms with Gasteiger partial charge in [-0.1, -0.05) is 0 Å². The lowest BCUT2D eigenvalue weighted by molar-refractivity contribution is 0.122. The van der Waals surface area contributed by atoms with E-state index in [9.17, 15) is 5.26 Å². The lowest BCUT2D eigenvalue weighted by atomic mass is 10.2. The fourth-order valence-corrected chi connectivity index (χ4v) is 4.21. The number of H-pyrrole nitrogens is 1. The van der Waals surface area contributed by atoms with Crippen LogP contribution >= 0.6 is 0 Å². The molecule has 0 aliphatic carbocycles. The van der Waals surface area contributed by atoms with Crippen LogP contribution in [-0.4, -0.2) is 62.5 Å². The summed E-state index contributed by atoms with van der Waals surface area (Å²) in [5.41, 5.74) is 4.77. The molecule has 0 atom stereocenters. The predicted molar refractivity (Wildman–Crippen MR) is 127 cm³/mol. The van der Waals surface area contributed by atoms with Crippen molar-refractivity contribution in [2.24, 2.45) is 0 Å². The first-order chi connectivity index (χ1) is 15.8. The van der Waals surface area contributed by atoms with E-state index < -0.39 is 0 Å². The molecule has 0 saturated carbocycles. The number of ether oxygens (including phenoxy) is 1. The van der Waals surface area contributed by atoms with E-state index in [0.717, 1.165) is 81.1 Å². The average Bonchev–Trinajstić information content (AvgIpc) is 3.31. The molecule has 0 bridgehead atoms. The third-order valence-electron chi connectivity index (χ3n) is 5.94. The van der Waals surface area contributed by atoms with Crippen LogP contribution in [0.5, 0.6) is 0 Å². The Labute approximate surface area is 187 Å². The number of morpholine rings is 1. The van der Waals surface area contributed by atoms with Crippen LogP contribution in [0.4, 0.5) is 23.0 Å². The predicted octanol–water partition coefficient (Wildman–Crippen LogP) is 2.94. The zero-order valence-corrected chi connectivity index (χ0v) is 18.0. The van der Waals surface area contributed by atoms with Crippen molar-refractivity contribution < 1.29 is 4.74 Å². The standard InChI is InChI=1S/C24H27N7O/c25-17-19-15-22(29-24(19)31-9-7-26-8-10-31)18-5-6-27-23(16-18)28-20-1-3-21(4-2-20)30-11-13-32-14-12-30/h1-6,15-16,26,29H,7-14H2,(H,27,28). The van der Waals surface area contributed by atoms with Gasteiger partial charge in [-0.2, -0.15) is 5.26 Å². The van der Waals surface area contributed by atoms with E-state index in [1.54, 1.807) is 6.20 Å². The fourth-order valence-electron chi connectivity index (χ4n) is 4.21. The number of anilines is 4. The Morgan fingerprint density at radius 1 is 0.969 bits per heavy atom. The van der Waals surface area contributed by atoms with Gasteiger partial charge in [-0.3, -0.25) is 0 Å². The van der Waals surface area contributed by atoms with Crippen molar-refractivity contribution >= 4 is 23.0 Å². The molecule has 2 saturated heterocycles. The maximum atomic E-state index is 9.63. The molecule has 0 amide bonds. The highest BCUT2D eigenvalue weighted by Gasteiger charge is 2.18. The van der Waals surface area contributed by atoms with Gasteiger partial charge in [-0.25, -0.2) is 4.98 Å². The summed E-state index contributed by atoms with van der Waals surface area (Å²) in [6, 6.07) is 16.6. The van der Waals surface area contributed by atoms with Crippen molar-refractivity contribution in [3.8, 4) is 17.3 Å². The van der Waals surface area contributed by atoms with Crippen LogP contribution in [-0.2, 0) is 4.74 Å². The van der Waals surface area contributed by atoms with Crippen molar-refractivity contribution in [1.82, 2.24) is 15.3 Å². The summed E-state index contributed by atoms with van der Waals surface area (Å²) >= 11 is 0. The number of pyridine rings is 1. The molecular weight excluding hydrogens is 402 g/mol. The topological polar surface area (TPSA) is 92.2 Å². The molecule has 8 heteroatoms. The van der Waals surface area contributed by atoms with Gasteiger partial charge in [0.1, 0.15) is 17.7 Å². The first kappa shape index (κ1) is 20.4. The van der Waals surface area contributed by atoms with Gasteiger partial charge in [-0.05, 0) is 42.5 Å². The van der Waals surface area contributed by atoms with Crippen molar-refractivity contribution in [2.75, 3.05) is 67.6 Å². The summed E-state index contributed by atoms with van der Waals surface area (Å²) in [5.74, 6) is 1.66. The highest BCUT2D eigenvalue weighted by molar-refractivity contribution is 5.72. The Morgan fingerprint density at radius 3 is 2.50 bits per heavy atom. The summed E-state index contributed by atoms with van der Waals surface area (Å²) in [4.78, 5) is 12.5. The molecule has 2 fully saturated rings. The quantitative estimate of drug-likeness (QED) is 0.574. The largest absolute Gasteiger partial charge is 0.378 e. The molecule has 2 aromatic heterocycles. The first-order valence-corrected chi connectivity index (χ1v) is 11.1. The third-order valence-corrected chi connectivity index (χ3v) is 5.94. The molecule has 3 aromatic rings. The van der Waals surface area contributed by atoms with E-state index in [2.05, 4.69) is 60.7 Å². The minimum absolute atomic E-state index is 0.673. The van der Waals surface area contributed by atoms with Crippen LogP contribution in [0.15, 0.2) is 48.7 Å². The number of nitrogens with one attached hydrogen (secondary N) is 3. The number of nitrogens with zero attached hydrogens (tertiary/aromatic N) is 4. The molecule has 8 nitrogen and oxygen atoms in total. The maximum absolute atomic E-state index is 9.63. The molecule has 0 spiro atoms. The lowest BCUT2D eigenvalue weighted by Crippen LogP contribution is -2.44. The number of hydrogen-bond acceptors (Lipinski definition) is 7. The number of aromatic amines is 1. The minimum atomic E-state index is 0.673. The maximum Gasteiger partial charge on any atom is 0.130 e. The normalized spacial score (nSPS) is 16.6. The van der Waals surface area contributed by atoms with Gasteiger partial charge in [0.15, 0.2) is 0 Å². The van der Waals surface area contributed by atoms with Crippen LogP contribution in [0.25, 0.3) is 11.3 Å². The van der Waals surface area contributed by atoms with Crippen LogP contribution in [0.2, 0.25) is 0 Å². The smallest absolute Gasteiger partial charge is 0.130 e. The third kappa shape index (κ3) is 4.40. The SMILES string of the molecule is N#Cc1cc(-c2ccnc(Nc3ccc(N4CCOCC4)cc3)c2)[nH]c1N1CCNCC1. The summed E-state index contributed by atoms with van der Waals surface area (Å²) < 4.78 is 5.43. The van der Waals surface area contributed by atoms with Gasteiger partial charge in [0, 0.05) is 68.1 Å². The van der Waals surface area contributed by atoms with Crippen LogP contribution in [0.3, 0.4) is 0 Å². The summed E-state index contributed by atoms with van der Waals surface area (Å²) in [5, 5.41) is 16.4. The van der Waals surface area contributed by atoms with Crippen molar-refractivity contribution in [2.45, 2.75) is 0 Å². The number of hydrogen-bond donors (Lipinski definition) is 3. The van der Waals surface area contributed by atoms with Crippen molar-refractivity contribution in [1.29, 1.82) is 5.26 Å². The van der Waals surface area contributed by atoms with E-state index in [-0.39, 0.29) is 0 Å². The molecule has 0 radical (unpaired) electrons. The van der Waals surface area contributed by atoms with E-state index >= 15 is 0 Å². The molecule has 1 aromatic carbocycles. The second kappa shape index (κ2) is 9.30. The van der Waals surface area contributed by atoms with Gasteiger partial charge in [0.2, 0.25) is 0 Å². The molecule has 3 N–H and O–H groups in total. The Bertz CT molecular complexity index is 1090. The number of piperazine rings is 1. The lowest BCUT2D eigenvalue weighted by Gasteiger charge is -2.28. The molecule has 0 unspecified atom stereocenters. The van der Waals surface area contributed by atoms with Crippen LogP contribution in [0, 0.1) is 11.3 Å². The van der Waals surface area contributed by atoms with E-state index in [1.807, 2.05) is 18.2 Å². The molecule has 4 heterocycles. The summed E-state index contributed by atoms with van der Waals surface area (Å²) in [6.07, 6.45) is 1.79. The fraction of sp³-hybridized carbons (Fsp3) is 0.333. The zero-order valence-electron chi connectivity index (χ0n) is 18.0. The Kier molecular flexibility index (Phi) is 5.92. The molecule has 2 aliphatic rings. The number of benzene rings is 1. The van der Waals surface area contributed by atoms with Gasteiger partial charge in [0.05, 0.1) is 18.8 Å². The summed E-state index contributed by atoms with van der Waals surface area (Å²) in [6.45, 7) is 7.02. The molecule has 164 valence electrons. The first-order valence-electron chi connectivity index (χ1n) is 11.1. The molecule has 2 aliphatic heterocycles. The van der Waals surface area contributed by atoms with Gasteiger partial charge in [-0.15, -0.1) is 0 Å². The van der Waals surface area contributed by atoms with Gasteiger partial charge in [0.25, 0.3) is 0 Å². The minimum Gasteiger partial charge on any atom is -0.378 e. The van der Waals surface area contributed by atoms with Gasteiger partial charge >= 0.3 is 0 Å². The highest BCUT2D eigenvalue weighted by atomic mass is 16.5. The molecular formula is C24H27N7O. The van der Waals surface area contributed by atoms with E-state index in [4.69, 9.17) is 4.74 Å². The monoisotopic (exact) mass is 429 g/mol. The zero-order chi connectivity index (χ0) is 21.8. The Hall–Kier alpha value is -3.54. The van der Waals surface area contributed by atoms with E-state index in [1.165, 1.54) is 5.69 Å². The Morgan fingerprint density at radius 2 is 1.75 bits per heavy atom. The number of rotatable bonds is 5. The Balaban J connectivity index is 1.32. The summed E-state index contributed by atoms with van der Waals surface area (Å²) in [7, 11) is 0. The average molecular weight is 430 g/mol. The van der Waals surface area contributed by atoms with Crippen LogP contribution < -0.4 is 20.4 Å². The van der Waals surface area contributed by atoms with Gasteiger partial charge < -0.3 is 30.2 Å². The van der Waals surface area contributed by atoms with E-state index in [0.29, 0.717) is 5.56 Å². The van der Waals surface area contributed by atoms with Crippen molar-refractivity contribution in [3.63, 3.8) is 0 Å². The van der Waals surface area contributed by atoms with Crippen LogP contribution in [0.1, 0.15) is 5.56 Å². The second-order valence-electron chi connectivity index (χ2n) is 8.00. The van der Waals surface area contributed by atoms with Crippen molar-refractivity contribution in [3.05, 3.63) is 54.2 Å².